The summed E-state index contributed by atoms with van der Waals surface area (Å²) < 4.78 is 0. The zero-order valence-electron chi connectivity index (χ0n) is 7.77. The summed E-state index contributed by atoms with van der Waals surface area (Å²) in [6.45, 7) is 3.68. The predicted molar refractivity (Wildman–Crippen MR) is 55.6 cm³/mol. The van der Waals surface area contributed by atoms with E-state index in [9.17, 15) is 0 Å². The molecule has 9 heteroatoms. The Morgan fingerprint density at radius 3 is 3.00 bits per heavy atom. The number of aromatic amines is 1. The molecule has 1 aromatic heterocycles. The molecule has 0 aromatic carbocycles. The number of nitrogens with zero attached hydrogens (tertiary/aromatic N) is 4. The Hall–Kier alpha value is -1.58. The molecule has 1 aromatic rings. The van der Waals surface area contributed by atoms with Gasteiger partial charge in [0.05, 0.1) is 0 Å². The molecule has 2 heterocycles. The molecule has 1 atom stereocenters. The van der Waals surface area contributed by atoms with Crippen molar-refractivity contribution in [3.8, 4) is 0 Å². The zero-order valence-corrected chi connectivity index (χ0v) is 8.58. The zero-order chi connectivity index (χ0) is 10.7. The average molecular weight is 226 g/mol. The number of hydrogen-bond donors (Lipinski definition) is 4. The molecule has 1 saturated heterocycles. The molecular weight excluding hydrogens is 216 g/mol. The number of hydrazine groups is 3. The van der Waals surface area contributed by atoms with Crippen molar-refractivity contribution < 1.29 is 0 Å². The standard InChI is InChI=1S/C6H10N8S/c1-2-3-4(5-7-11-12-8-5)14-10-6(15)9-13-14/h2,4,13H,1,3H2,(H2,9,10,15)(H,7,8,11,12). The van der Waals surface area contributed by atoms with Crippen LogP contribution in [-0.2, 0) is 0 Å². The summed E-state index contributed by atoms with van der Waals surface area (Å²) in [7, 11) is 0. The van der Waals surface area contributed by atoms with Crippen molar-refractivity contribution in [3.63, 3.8) is 0 Å². The van der Waals surface area contributed by atoms with Gasteiger partial charge in [0.1, 0.15) is 6.04 Å². The fraction of sp³-hybridized carbons (Fsp3) is 0.333. The monoisotopic (exact) mass is 226 g/mol. The molecule has 80 valence electrons. The first-order valence-corrected chi connectivity index (χ1v) is 4.68. The minimum atomic E-state index is -0.130. The topological polar surface area (TPSA) is 93.8 Å². The lowest BCUT2D eigenvalue weighted by Crippen LogP contribution is -2.43. The maximum atomic E-state index is 4.91. The van der Waals surface area contributed by atoms with E-state index in [2.05, 4.69) is 43.6 Å². The Bertz CT molecular complexity index is 348. The Balaban J connectivity index is 2.13. The number of rotatable bonds is 4. The first-order valence-electron chi connectivity index (χ1n) is 4.27. The molecule has 0 amide bonds. The number of hydrogen-bond acceptors (Lipinski definition) is 6. The molecule has 15 heavy (non-hydrogen) atoms. The quantitative estimate of drug-likeness (QED) is 0.381. The summed E-state index contributed by atoms with van der Waals surface area (Å²) >= 11 is 4.91. The van der Waals surface area contributed by atoms with Crippen LogP contribution < -0.4 is 16.4 Å². The van der Waals surface area contributed by atoms with Crippen molar-refractivity contribution in [2.24, 2.45) is 0 Å². The summed E-state index contributed by atoms with van der Waals surface area (Å²) in [6.07, 6.45) is 2.43. The summed E-state index contributed by atoms with van der Waals surface area (Å²) in [5.74, 6) is 0.557. The van der Waals surface area contributed by atoms with Crippen LogP contribution in [0.2, 0.25) is 0 Å². The molecule has 0 aliphatic carbocycles. The van der Waals surface area contributed by atoms with Gasteiger partial charge in [0.2, 0.25) is 0 Å². The molecule has 0 bridgehead atoms. The van der Waals surface area contributed by atoms with Crippen molar-refractivity contribution in [2.45, 2.75) is 12.5 Å². The summed E-state index contributed by atoms with van der Waals surface area (Å²) in [5.41, 5.74) is 8.49. The number of nitrogens with one attached hydrogen (secondary N) is 4. The number of tetrazole rings is 1. The lowest BCUT2D eigenvalue weighted by molar-refractivity contribution is 0.104. The van der Waals surface area contributed by atoms with Crippen molar-refractivity contribution in [1.82, 2.24) is 42.1 Å². The van der Waals surface area contributed by atoms with E-state index in [4.69, 9.17) is 12.2 Å². The Labute approximate surface area is 91.0 Å². The molecule has 0 spiro atoms. The van der Waals surface area contributed by atoms with Crippen LogP contribution in [0.1, 0.15) is 18.3 Å². The van der Waals surface area contributed by atoms with E-state index in [1.165, 1.54) is 0 Å². The van der Waals surface area contributed by atoms with Crippen LogP contribution in [0, 0.1) is 0 Å². The molecule has 2 rings (SSSR count). The number of thiocarbonyl (C=S) groups is 1. The van der Waals surface area contributed by atoms with Crippen molar-refractivity contribution >= 4 is 17.3 Å². The SMILES string of the molecule is C=CCC(c1nn[nH]n1)N1NNC(=S)N1. The fourth-order valence-electron chi connectivity index (χ4n) is 1.23. The van der Waals surface area contributed by atoms with Gasteiger partial charge in [0, 0.05) is 0 Å². The Kier molecular flexibility index (Phi) is 2.85. The predicted octanol–water partition coefficient (Wildman–Crippen LogP) is -1.07. The van der Waals surface area contributed by atoms with E-state index in [0.717, 1.165) is 0 Å². The van der Waals surface area contributed by atoms with E-state index in [1.54, 1.807) is 11.2 Å². The van der Waals surface area contributed by atoms with Gasteiger partial charge in [-0.15, -0.1) is 27.4 Å². The minimum absolute atomic E-state index is 0.130. The fourth-order valence-corrected chi connectivity index (χ4v) is 1.37. The first kappa shape index (κ1) is 9.96. The van der Waals surface area contributed by atoms with E-state index < -0.39 is 0 Å². The van der Waals surface area contributed by atoms with Gasteiger partial charge in [-0.1, -0.05) is 11.3 Å². The molecule has 4 N–H and O–H groups in total. The lowest BCUT2D eigenvalue weighted by Gasteiger charge is -2.21. The third-order valence-corrected chi connectivity index (χ3v) is 2.07. The highest BCUT2D eigenvalue weighted by molar-refractivity contribution is 7.80. The number of H-pyrrole nitrogens is 1. The molecule has 8 nitrogen and oxygen atoms in total. The van der Waals surface area contributed by atoms with Gasteiger partial charge in [-0.3, -0.25) is 10.9 Å². The summed E-state index contributed by atoms with van der Waals surface area (Å²) in [6, 6.07) is -0.130. The minimum Gasteiger partial charge on any atom is -0.282 e. The second-order valence-corrected chi connectivity index (χ2v) is 3.27. The highest BCUT2D eigenvalue weighted by Gasteiger charge is 2.27. The normalized spacial score (nSPS) is 18.3. The van der Waals surface area contributed by atoms with Gasteiger partial charge in [0.25, 0.3) is 0 Å². The average Bonchev–Trinajstić information content (AvgIpc) is 2.85. The van der Waals surface area contributed by atoms with Gasteiger partial charge in [-0.25, -0.2) is 0 Å². The van der Waals surface area contributed by atoms with Gasteiger partial charge in [0.15, 0.2) is 10.9 Å². The largest absolute Gasteiger partial charge is 0.282 e. The molecule has 1 aliphatic heterocycles. The van der Waals surface area contributed by atoms with E-state index >= 15 is 0 Å². The van der Waals surface area contributed by atoms with E-state index in [1.807, 2.05) is 0 Å². The van der Waals surface area contributed by atoms with Crippen molar-refractivity contribution in [1.29, 1.82) is 0 Å². The van der Waals surface area contributed by atoms with Crippen LogP contribution in [0.5, 0.6) is 0 Å². The number of aromatic nitrogens is 4. The van der Waals surface area contributed by atoms with Crippen molar-refractivity contribution in [3.05, 3.63) is 18.5 Å². The van der Waals surface area contributed by atoms with Gasteiger partial charge in [-0.05, 0) is 18.6 Å². The van der Waals surface area contributed by atoms with Crippen molar-refractivity contribution in [2.75, 3.05) is 0 Å². The van der Waals surface area contributed by atoms with Crippen LogP contribution in [0.25, 0.3) is 0 Å². The Morgan fingerprint density at radius 2 is 2.47 bits per heavy atom. The van der Waals surface area contributed by atoms with Gasteiger partial charge in [-0.2, -0.15) is 5.21 Å². The lowest BCUT2D eigenvalue weighted by atomic mass is 10.2. The molecule has 0 radical (unpaired) electrons. The van der Waals surface area contributed by atoms with Gasteiger partial charge < -0.3 is 0 Å². The highest BCUT2D eigenvalue weighted by atomic mass is 32.1. The third kappa shape index (κ3) is 2.09. The first-order chi connectivity index (χ1) is 7.31. The molecule has 1 aliphatic rings. The molecule has 1 unspecified atom stereocenters. The third-order valence-electron chi connectivity index (χ3n) is 1.87. The Morgan fingerprint density at radius 1 is 1.60 bits per heavy atom. The molecule has 0 saturated carbocycles. The molecule has 1 fully saturated rings. The van der Waals surface area contributed by atoms with Crippen LogP contribution in [0.3, 0.4) is 0 Å². The second-order valence-electron chi connectivity index (χ2n) is 2.86. The highest BCUT2D eigenvalue weighted by Crippen LogP contribution is 2.17. The van der Waals surface area contributed by atoms with Crippen LogP contribution >= 0.6 is 12.2 Å². The maximum Gasteiger partial charge on any atom is 0.197 e. The smallest absolute Gasteiger partial charge is 0.197 e. The summed E-state index contributed by atoms with van der Waals surface area (Å²) in [4.78, 5) is 0. The van der Waals surface area contributed by atoms with Crippen LogP contribution in [-0.4, -0.2) is 30.9 Å². The summed E-state index contributed by atoms with van der Waals surface area (Å²) in [5, 5.41) is 15.9. The maximum absolute atomic E-state index is 4.91. The van der Waals surface area contributed by atoms with Gasteiger partial charge >= 0.3 is 0 Å². The van der Waals surface area contributed by atoms with Crippen LogP contribution in [0.4, 0.5) is 0 Å². The van der Waals surface area contributed by atoms with E-state index in [0.29, 0.717) is 17.4 Å². The van der Waals surface area contributed by atoms with E-state index in [-0.39, 0.29) is 6.04 Å². The van der Waals surface area contributed by atoms with Crippen LogP contribution in [0.15, 0.2) is 12.7 Å². The second kappa shape index (κ2) is 4.29. The molecular formula is C6H10N8S.